The molecule has 25 heavy (non-hydrogen) atoms. The number of rotatable bonds is 9. The zero-order valence-electron chi connectivity index (χ0n) is 15.1. The second-order valence-electron chi connectivity index (χ2n) is 6.72. The van der Waals surface area contributed by atoms with Gasteiger partial charge in [0.2, 0.25) is 15.9 Å². The molecule has 0 bridgehead atoms. The Morgan fingerprint density at radius 1 is 1.16 bits per heavy atom. The van der Waals surface area contributed by atoms with E-state index in [1.807, 2.05) is 30.3 Å². The summed E-state index contributed by atoms with van der Waals surface area (Å²) in [7, 11) is -3.25. The van der Waals surface area contributed by atoms with Crippen LogP contribution in [0, 0.1) is 5.92 Å². The fourth-order valence-corrected chi connectivity index (χ4v) is 4.67. The summed E-state index contributed by atoms with van der Waals surface area (Å²) in [4.78, 5) is 12.1. The minimum Gasteiger partial charge on any atom is -0.356 e. The Bertz CT molecular complexity index is 623. The topological polar surface area (TPSA) is 66.5 Å². The highest BCUT2D eigenvalue weighted by Crippen LogP contribution is 2.20. The van der Waals surface area contributed by atoms with E-state index in [2.05, 4.69) is 12.2 Å². The summed E-state index contributed by atoms with van der Waals surface area (Å²) in [6.45, 7) is 3.76. The number of hydrogen-bond donors (Lipinski definition) is 1. The lowest BCUT2D eigenvalue weighted by Gasteiger charge is -2.30. The molecule has 1 aromatic rings. The van der Waals surface area contributed by atoms with Gasteiger partial charge in [0.1, 0.15) is 0 Å². The summed E-state index contributed by atoms with van der Waals surface area (Å²) < 4.78 is 26.6. The lowest BCUT2D eigenvalue weighted by atomic mass is 9.97. The highest BCUT2D eigenvalue weighted by molar-refractivity contribution is 7.89. The summed E-state index contributed by atoms with van der Waals surface area (Å²) in [5, 5.41) is 2.98. The van der Waals surface area contributed by atoms with Gasteiger partial charge in [-0.2, -0.15) is 0 Å². The van der Waals surface area contributed by atoms with Gasteiger partial charge in [-0.25, -0.2) is 12.7 Å². The number of benzene rings is 1. The van der Waals surface area contributed by atoms with Gasteiger partial charge in [-0.1, -0.05) is 50.1 Å². The van der Waals surface area contributed by atoms with Gasteiger partial charge >= 0.3 is 0 Å². The number of aryl methyl sites for hydroxylation is 1. The molecule has 0 aromatic heterocycles. The van der Waals surface area contributed by atoms with E-state index >= 15 is 0 Å². The Kier molecular flexibility index (Phi) is 7.90. The van der Waals surface area contributed by atoms with E-state index < -0.39 is 10.0 Å². The molecule has 0 unspecified atom stereocenters. The van der Waals surface area contributed by atoms with Gasteiger partial charge in [-0.05, 0) is 31.2 Å². The van der Waals surface area contributed by atoms with Gasteiger partial charge < -0.3 is 5.32 Å². The minimum absolute atomic E-state index is 0.0535. The summed E-state index contributed by atoms with van der Waals surface area (Å²) in [5.74, 6) is 0.157. The zero-order chi connectivity index (χ0) is 18.1. The van der Waals surface area contributed by atoms with E-state index in [0.29, 0.717) is 32.4 Å². The van der Waals surface area contributed by atoms with Gasteiger partial charge in [-0.15, -0.1) is 0 Å². The summed E-state index contributed by atoms with van der Waals surface area (Å²) in [6.07, 6.45) is 5.03. The maximum Gasteiger partial charge on any atom is 0.223 e. The van der Waals surface area contributed by atoms with Crippen LogP contribution in [0.15, 0.2) is 30.3 Å². The highest BCUT2D eigenvalue weighted by Gasteiger charge is 2.30. The van der Waals surface area contributed by atoms with Crippen molar-refractivity contribution in [3.8, 4) is 0 Å². The van der Waals surface area contributed by atoms with E-state index in [1.165, 1.54) is 0 Å². The molecule has 1 aromatic carbocycles. The molecular formula is C19H30N2O3S. The van der Waals surface area contributed by atoms with Crippen molar-refractivity contribution < 1.29 is 13.2 Å². The van der Waals surface area contributed by atoms with Crippen LogP contribution in [0.2, 0.25) is 0 Å². The van der Waals surface area contributed by atoms with Crippen molar-refractivity contribution in [1.29, 1.82) is 0 Å². The van der Waals surface area contributed by atoms with Crippen molar-refractivity contribution in [2.24, 2.45) is 5.92 Å². The Hall–Kier alpha value is -1.40. The third kappa shape index (κ3) is 6.44. The molecule has 0 atom stereocenters. The molecule has 0 saturated carbocycles. The fraction of sp³-hybridized carbons (Fsp3) is 0.632. The Labute approximate surface area is 151 Å². The molecule has 2 rings (SSSR count). The largest absolute Gasteiger partial charge is 0.356 e. The van der Waals surface area contributed by atoms with Crippen LogP contribution in [0.5, 0.6) is 0 Å². The number of carbonyl (C=O) groups excluding carboxylic acids is 1. The van der Waals surface area contributed by atoms with Crippen molar-refractivity contribution in [2.75, 3.05) is 25.4 Å². The summed E-state index contributed by atoms with van der Waals surface area (Å²) >= 11 is 0. The Morgan fingerprint density at radius 2 is 1.84 bits per heavy atom. The molecule has 6 heteroatoms. The molecule has 1 amide bonds. The molecule has 1 heterocycles. The van der Waals surface area contributed by atoms with Crippen LogP contribution >= 0.6 is 0 Å². The highest BCUT2D eigenvalue weighted by atomic mass is 32.2. The third-order valence-electron chi connectivity index (χ3n) is 4.79. The Morgan fingerprint density at radius 3 is 2.48 bits per heavy atom. The second kappa shape index (κ2) is 9.92. The molecule has 1 aliphatic heterocycles. The first-order valence-electron chi connectivity index (χ1n) is 9.32. The first-order chi connectivity index (χ1) is 12.0. The van der Waals surface area contributed by atoms with Crippen molar-refractivity contribution >= 4 is 15.9 Å². The van der Waals surface area contributed by atoms with E-state index in [-0.39, 0.29) is 17.6 Å². The van der Waals surface area contributed by atoms with Crippen LogP contribution in [-0.4, -0.2) is 44.0 Å². The van der Waals surface area contributed by atoms with E-state index in [1.54, 1.807) is 4.31 Å². The number of unbranched alkanes of at least 4 members (excludes halogenated alkanes) is 2. The van der Waals surface area contributed by atoms with Gasteiger partial charge in [0.15, 0.2) is 0 Å². The molecule has 1 saturated heterocycles. The number of piperidine rings is 1. The van der Waals surface area contributed by atoms with Crippen molar-refractivity contribution in [3.05, 3.63) is 35.9 Å². The van der Waals surface area contributed by atoms with Crippen molar-refractivity contribution in [1.82, 2.24) is 9.62 Å². The summed E-state index contributed by atoms with van der Waals surface area (Å²) in [5.41, 5.74) is 1.03. The first-order valence-corrected chi connectivity index (χ1v) is 10.9. The van der Waals surface area contributed by atoms with Crippen LogP contribution < -0.4 is 5.32 Å². The SMILES string of the molecule is CCCCCNC(=O)C1CCN(S(=O)(=O)CCc2ccccc2)CC1. The maximum atomic E-state index is 12.5. The number of nitrogens with one attached hydrogen (secondary N) is 1. The average molecular weight is 367 g/mol. The number of carbonyl (C=O) groups is 1. The lowest BCUT2D eigenvalue weighted by molar-refractivity contribution is -0.126. The van der Waals surface area contributed by atoms with E-state index in [9.17, 15) is 13.2 Å². The smallest absolute Gasteiger partial charge is 0.223 e. The van der Waals surface area contributed by atoms with Crippen LogP contribution in [0.25, 0.3) is 0 Å². The quantitative estimate of drug-likeness (QED) is 0.683. The predicted molar refractivity (Wildman–Crippen MR) is 101 cm³/mol. The molecule has 0 aliphatic carbocycles. The van der Waals surface area contributed by atoms with Crippen LogP contribution in [0.3, 0.4) is 0 Å². The monoisotopic (exact) mass is 366 g/mol. The molecule has 1 aliphatic rings. The summed E-state index contributed by atoms with van der Waals surface area (Å²) in [6, 6.07) is 9.67. The van der Waals surface area contributed by atoms with Crippen molar-refractivity contribution in [3.63, 3.8) is 0 Å². The normalized spacial score (nSPS) is 16.7. The Balaban J connectivity index is 1.75. The fourth-order valence-electron chi connectivity index (χ4n) is 3.15. The molecule has 1 N–H and O–H groups in total. The standard InChI is InChI=1S/C19H30N2O3S/c1-2-3-7-13-20-19(22)18-10-14-21(15-11-18)25(23,24)16-12-17-8-5-4-6-9-17/h4-6,8-9,18H,2-3,7,10-16H2,1H3,(H,20,22). The molecule has 5 nitrogen and oxygen atoms in total. The number of nitrogens with zero attached hydrogens (tertiary/aromatic N) is 1. The molecule has 0 spiro atoms. The third-order valence-corrected chi connectivity index (χ3v) is 6.66. The van der Waals surface area contributed by atoms with Gasteiger partial charge in [-0.3, -0.25) is 4.79 Å². The number of amides is 1. The van der Waals surface area contributed by atoms with Gasteiger partial charge in [0.05, 0.1) is 5.75 Å². The van der Waals surface area contributed by atoms with Crippen molar-refractivity contribution in [2.45, 2.75) is 45.4 Å². The molecule has 140 valence electrons. The molecular weight excluding hydrogens is 336 g/mol. The van der Waals surface area contributed by atoms with E-state index in [4.69, 9.17) is 0 Å². The molecule has 1 fully saturated rings. The average Bonchev–Trinajstić information content (AvgIpc) is 2.64. The first kappa shape index (κ1) is 19.9. The van der Waals surface area contributed by atoms with Gasteiger partial charge in [0.25, 0.3) is 0 Å². The maximum absolute atomic E-state index is 12.5. The number of sulfonamides is 1. The predicted octanol–water partition coefficient (Wildman–Crippen LogP) is 2.58. The van der Waals surface area contributed by atoms with E-state index in [0.717, 1.165) is 31.4 Å². The zero-order valence-corrected chi connectivity index (χ0v) is 15.9. The second-order valence-corrected chi connectivity index (χ2v) is 8.81. The van der Waals surface area contributed by atoms with Gasteiger partial charge in [0, 0.05) is 25.6 Å². The lowest BCUT2D eigenvalue weighted by Crippen LogP contribution is -2.44. The minimum atomic E-state index is -3.25. The van der Waals surface area contributed by atoms with Crippen LogP contribution in [0.1, 0.15) is 44.6 Å². The van der Waals surface area contributed by atoms with Crippen LogP contribution in [0.4, 0.5) is 0 Å². The number of hydrogen-bond acceptors (Lipinski definition) is 3. The molecule has 0 radical (unpaired) electrons. The van der Waals surface area contributed by atoms with Crippen LogP contribution in [-0.2, 0) is 21.2 Å².